The van der Waals surface area contributed by atoms with Crippen LogP contribution in [0.3, 0.4) is 0 Å². The summed E-state index contributed by atoms with van der Waals surface area (Å²) in [6, 6.07) is 10.4. The van der Waals surface area contributed by atoms with Crippen LogP contribution in [0.2, 0.25) is 0 Å². The molecule has 3 atom stereocenters. The molecule has 19 heavy (non-hydrogen) atoms. The number of benzene rings is 1. The van der Waals surface area contributed by atoms with E-state index < -0.39 is 0 Å². The van der Waals surface area contributed by atoms with Crippen molar-refractivity contribution in [3.05, 3.63) is 35.4 Å². The minimum atomic E-state index is 0.530. The Bertz CT molecular complexity index is 425. The molecule has 0 aromatic heterocycles. The van der Waals surface area contributed by atoms with Crippen LogP contribution in [0, 0.1) is 0 Å². The molecule has 1 N–H and O–H groups in total. The predicted molar refractivity (Wildman–Crippen MR) is 77.2 cm³/mol. The van der Waals surface area contributed by atoms with Crippen molar-refractivity contribution >= 4 is 0 Å². The van der Waals surface area contributed by atoms with Crippen molar-refractivity contribution in [1.82, 2.24) is 10.2 Å². The van der Waals surface area contributed by atoms with Crippen LogP contribution in [0.1, 0.15) is 25.0 Å². The number of ether oxygens (including phenoxy) is 1. The first-order valence-corrected chi connectivity index (χ1v) is 7.37. The van der Waals surface area contributed by atoms with Crippen molar-refractivity contribution in [2.45, 2.75) is 44.9 Å². The Kier molecular flexibility index (Phi) is 3.87. The molecule has 0 amide bonds. The molecule has 0 saturated carbocycles. The minimum absolute atomic E-state index is 0.530. The van der Waals surface area contributed by atoms with Gasteiger partial charge in [-0.25, -0.2) is 0 Å². The molecule has 0 spiro atoms. The van der Waals surface area contributed by atoms with Crippen LogP contribution in [0.4, 0.5) is 0 Å². The van der Waals surface area contributed by atoms with Crippen LogP contribution in [0.25, 0.3) is 0 Å². The van der Waals surface area contributed by atoms with Crippen molar-refractivity contribution < 1.29 is 4.74 Å². The molecule has 0 bridgehead atoms. The van der Waals surface area contributed by atoms with E-state index in [1.54, 1.807) is 0 Å². The second-order valence-corrected chi connectivity index (χ2v) is 5.98. The van der Waals surface area contributed by atoms with Crippen molar-refractivity contribution in [3.63, 3.8) is 0 Å². The lowest BCUT2D eigenvalue weighted by molar-refractivity contribution is -0.0406. The van der Waals surface area contributed by atoms with Crippen LogP contribution in [-0.2, 0) is 17.7 Å². The van der Waals surface area contributed by atoms with E-state index in [-0.39, 0.29) is 0 Å². The van der Waals surface area contributed by atoms with E-state index in [4.69, 9.17) is 4.74 Å². The first-order chi connectivity index (χ1) is 9.24. The van der Waals surface area contributed by atoms with Gasteiger partial charge in [0.1, 0.15) is 0 Å². The maximum atomic E-state index is 5.61. The highest BCUT2D eigenvalue weighted by Gasteiger charge is 2.28. The first kappa shape index (κ1) is 13.1. The minimum Gasteiger partial charge on any atom is -0.378 e. The number of nitrogens with zero attached hydrogens (tertiary/aromatic N) is 1. The summed E-state index contributed by atoms with van der Waals surface area (Å²) in [6.45, 7) is 8.41. The first-order valence-electron chi connectivity index (χ1n) is 7.37. The molecule has 0 aliphatic carbocycles. The van der Waals surface area contributed by atoms with Gasteiger partial charge in [0.2, 0.25) is 0 Å². The number of hydrogen-bond acceptors (Lipinski definition) is 3. The number of fused-ring (bicyclic) bond motifs is 1. The zero-order valence-electron chi connectivity index (χ0n) is 11.9. The standard InChI is InChI=1S/C16H24N2O/c1-12-10-19-11-13(2)18(12)9-16-7-14-5-3-4-6-15(14)8-17-16/h3-6,12-13,16-17H,7-11H2,1-2H3/t12-,13-,16-/m0/s1. The summed E-state index contributed by atoms with van der Waals surface area (Å²) < 4.78 is 5.61. The van der Waals surface area contributed by atoms with E-state index in [0.29, 0.717) is 18.1 Å². The molecule has 1 aromatic rings. The van der Waals surface area contributed by atoms with E-state index >= 15 is 0 Å². The topological polar surface area (TPSA) is 24.5 Å². The van der Waals surface area contributed by atoms with E-state index in [1.165, 1.54) is 11.1 Å². The highest BCUT2D eigenvalue weighted by Crippen LogP contribution is 2.19. The summed E-state index contributed by atoms with van der Waals surface area (Å²) >= 11 is 0. The zero-order valence-corrected chi connectivity index (χ0v) is 11.9. The van der Waals surface area contributed by atoms with Gasteiger partial charge >= 0.3 is 0 Å². The van der Waals surface area contributed by atoms with Crippen molar-refractivity contribution in [2.75, 3.05) is 19.8 Å². The van der Waals surface area contributed by atoms with Gasteiger partial charge in [-0.05, 0) is 31.4 Å². The quantitative estimate of drug-likeness (QED) is 0.878. The monoisotopic (exact) mass is 260 g/mol. The van der Waals surface area contributed by atoms with Gasteiger partial charge < -0.3 is 10.1 Å². The van der Waals surface area contributed by atoms with Crippen LogP contribution in [-0.4, -0.2) is 42.8 Å². The molecule has 2 aliphatic rings. The molecule has 1 saturated heterocycles. The Balaban J connectivity index is 1.65. The van der Waals surface area contributed by atoms with Crippen LogP contribution < -0.4 is 5.32 Å². The molecule has 0 radical (unpaired) electrons. The molecule has 1 aromatic carbocycles. The summed E-state index contributed by atoms with van der Waals surface area (Å²) in [7, 11) is 0. The maximum Gasteiger partial charge on any atom is 0.0620 e. The Labute approximate surface area is 115 Å². The number of hydrogen-bond donors (Lipinski definition) is 1. The van der Waals surface area contributed by atoms with Crippen molar-refractivity contribution in [2.24, 2.45) is 0 Å². The normalized spacial score (nSPS) is 32.0. The SMILES string of the molecule is C[C@H]1COC[C@H](C)N1C[C@@H]1Cc2ccccc2CN1. The summed E-state index contributed by atoms with van der Waals surface area (Å²) in [5.74, 6) is 0. The van der Waals surface area contributed by atoms with E-state index in [1.807, 2.05) is 0 Å². The molecule has 0 unspecified atom stereocenters. The average Bonchev–Trinajstić information content (AvgIpc) is 2.43. The van der Waals surface area contributed by atoms with Gasteiger partial charge in [0.15, 0.2) is 0 Å². The third-order valence-electron chi connectivity index (χ3n) is 4.45. The predicted octanol–water partition coefficient (Wildman–Crippen LogP) is 1.81. The van der Waals surface area contributed by atoms with E-state index in [0.717, 1.165) is 32.7 Å². The summed E-state index contributed by atoms with van der Waals surface area (Å²) in [5, 5.41) is 3.68. The highest BCUT2D eigenvalue weighted by molar-refractivity contribution is 5.30. The van der Waals surface area contributed by atoms with Gasteiger partial charge in [0, 0.05) is 31.2 Å². The number of rotatable bonds is 2. The van der Waals surface area contributed by atoms with Gasteiger partial charge in [0.25, 0.3) is 0 Å². The van der Waals surface area contributed by atoms with Gasteiger partial charge in [-0.1, -0.05) is 24.3 Å². The molecule has 2 aliphatic heterocycles. The fourth-order valence-electron chi connectivity index (χ4n) is 3.30. The largest absolute Gasteiger partial charge is 0.378 e. The Hall–Kier alpha value is -0.900. The molecule has 1 fully saturated rings. The molecule has 2 heterocycles. The second-order valence-electron chi connectivity index (χ2n) is 5.98. The summed E-state index contributed by atoms with van der Waals surface area (Å²) in [4.78, 5) is 2.59. The van der Waals surface area contributed by atoms with Gasteiger partial charge in [0.05, 0.1) is 13.2 Å². The number of morpholine rings is 1. The molecule has 104 valence electrons. The zero-order chi connectivity index (χ0) is 13.2. The molecular weight excluding hydrogens is 236 g/mol. The van der Waals surface area contributed by atoms with Gasteiger partial charge in [-0.3, -0.25) is 4.90 Å². The fraction of sp³-hybridized carbons (Fsp3) is 0.625. The van der Waals surface area contributed by atoms with Gasteiger partial charge in [-0.15, -0.1) is 0 Å². The van der Waals surface area contributed by atoms with Crippen molar-refractivity contribution in [1.29, 1.82) is 0 Å². The van der Waals surface area contributed by atoms with Gasteiger partial charge in [-0.2, -0.15) is 0 Å². The maximum absolute atomic E-state index is 5.61. The van der Waals surface area contributed by atoms with Crippen LogP contribution in [0.5, 0.6) is 0 Å². The summed E-state index contributed by atoms with van der Waals surface area (Å²) in [6.07, 6.45) is 1.15. The Morgan fingerprint density at radius 3 is 2.58 bits per heavy atom. The smallest absolute Gasteiger partial charge is 0.0620 e. The van der Waals surface area contributed by atoms with Crippen molar-refractivity contribution in [3.8, 4) is 0 Å². The fourth-order valence-corrected chi connectivity index (χ4v) is 3.30. The van der Waals surface area contributed by atoms with Crippen LogP contribution >= 0.6 is 0 Å². The average molecular weight is 260 g/mol. The highest BCUT2D eigenvalue weighted by atomic mass is 16.5. The Morgan fingerprint density at radius 1 is 1.16 bits per heavy atom. The lowest BCUT2D eigenvalue weighted by atomic mass is 9.95. The van der Waals surface area contributed by atoms with E-state index in [9.17, 15) is 0 Å². The summed E-state index contributed by atoms with van der Waals surface area (Å²) in [5.41, 5.74) is 2.97. The second kappa shape index (κ2) is 5.61. The third kappa shape index (κ3) is 2.83. The molecule has 3 rings (SSSR count). The lowest BCUT2D eigenvalue weighted by Crippen LogP contribution is -2.55. The molecule has 3 heteroatoms. The van der Waals surface area contributed by atoms with E-state index in [2.05, 4.69) is 48.3 Å². The molecule has 3 nitrogen and oxygen atoms in total. The lowest BCUT2D eigenvalue weighted by Gasteiger charge is -2.41. The third-order valence-corrected chi connectivity index (χ3v) is 4.45. The van der Waals surface area contributed by atoms with Crippen LogP contribution in [0.15, 0.2) is 24.3 Å². The number of nitrogens with one attached hydrogen (secondary N) is 1. The Morgan fingerprint density at radius 2 is 1.84 bits per heavy atom. The molecular formula is C16H24N2O.